The molecule has 0 fully saturated rings. The van der Waals surface area contributed by atoms with Crippen molar-refractivity contribution in [2.24, 2.45) is 0 Å². The highest BCUT2D eigenvalue weighted by Crippen LogP contribution is 2.36. The van der Waals surface area contributed by atoms with E-state index in [-0.39, 0.29) is 10.9 Å². The predicted molar refractivity (Wildman–Crippen MR) is 91.2 cm³/mol. The first-order valence-electron chi connectivity index (χ1n) is 7.67. The van der Waals surface area contributed by atoms with Crippen molar-refractivity contribution in [2.75, 3.05) is 6.61 Å². The molecule has 4 nitrogen and oxygen atoms in total. The van der Waals surface area contributed by atoms with Gasteiger partial charge in [0.25, 0.3) is 0 Å². The molecule has 24 heavy (non-hydrogen) atoms. The fourth-order valence-electron chi connectivity index (χ4n) is 2.94. The molecule has 0 bridgehead atoms. The molecule has 126 valence electrons. The molecule has 0 N–H and O–H groups in total. The van der Waals surface area contributed by atoms with Crippen LogP contribution in [0.1, 0.15) is 36.5 Å². The molecule has 0 amide bonds. The quantitative estimate of drug-likeness (QED) is 0.664. The lowest BCUT2D eigenvalue weighted by molar-refractivity contribution is -0.144. The van der Waals surface area contributed by atoms with Crippen molar-refractivity contribution in [1.82, 2.24) is 0 Å². The highest BCUT2D eigenvalue weighted by atomic mass is 35.5. The molecule has 1 atom stereocenters. The van der Waals surface area contributed by atoms with Crippen molar-refractivity contribution in [2.45, 2.75) is 36.0 Å². The highest BCUT2D eigenvalue weighted by molar-refractivity contribution is 7.91. The van der Waals surface area contributed by atoms with Crippen molar-refractivity contribution in [3.8, 4) is 0 Å². The van der Waals surface area contributed by atoms with Crippen molar-refractivity contribution in [3.63, 3.8) is 0 Å². The second-order valence-electron chi connectivity index (χ2n) is 5.77. The zero-order valence-electron chi connectivity index (χ0n) is 13.4. The van der Waals surface area contributed by atoms with E-state index in [1.165, 1.54) is 0 Å². The van der Waals surface area contributed by atoms with E-state index in [0.29, 0.717) is 34.1 Å². The summed E-state index contributed by atoms with van der Waals surface area (Å²) >= 11 is 6.00. The molecular weight excluding hydrogens is 348 g/mol. The molecule has 0 saturated carbocycles. The second kappa shape index (κ2) is 6.22. The van der Waals surface area contributed by atoms with Crippen LogP contribution in [-0.2, 0) is 25.8 Å². The van der Waals surface area contributed by atoms with Crippen molar-refractivity contribution in [1.29, 1.82) is 0 Å². The molecule has 1 unspecified atom stereocenters. The number of benzene rings is 2. The molecule has 1 heterocycles. The van der Waals surface area contributed by atoms with Crippen LogP contribution >= 0.6 is 11.6 Å². The van der Waals surface area contributed by atoms with Gasteiger partial charge in [-0.25, -0.2) is 8.42 Å². The molecule has 1 aliphatic rings. The molecule has 0 aromatic heterocycles. The van der Waals surface area contributed by atoms with E-state index in [1.54, 1.807) is 50.2 Å². The third-order valence-corrected chi connectivity index (χ3v) is 6.40. The van der Waals surface area contributed by atoms with E-state index in [9.17, 15) is 13.2 Å². The first kappa shape index (κ1) is 17.0. The summed E-state index contributed by atoms with van der Waals surface area (Å²) in [5, 5.41) is 0.503. The van der Waals surface area contributed by atoms with Gasteiger partial charge in [0, 0.05) is 11.4 Å². The number of halogens is 1. The lowest BCUT2D eigenvalue weighted by atomic mass is 9.96. The summed E-state index contributed by atoms with van der Waals surface area (Å²) in [6.45, 7) is 3.82. The van der Waals surface area contributed by atoms with Gasteiger partial charge in [0.1, 0.15) is 0 Å². The molecule has 2 aromatic carbocycles. The number of rotatable bonds is 3. The van der Waals surface area contributed by atoms with Gasteiger partial charge in [-0.15, -0.1) is 0 Å². The van der Waals surface area contributed by atoms with Gasteiger partial charge in [-0.05, 0) is 54.8 Å². The summed E-state index contributed by atoms with van der Waals surface area (Å²) in [6, 6.07) is 9.84. The maximum atomic E-state index is 12.8. The fraction of sp³-hybridized carbons (Fsp3) is 0.278. The Hall–Kier alpha value is -1.85. The number of carbonyl (C=O) groups excluding carboxylic acids is 1. The van der Waals surface area contributed by atoms with Gasteiger partial charge in [-0.1, -0.05) is 23.7 Å². The van der Waals surface area contributed by atoms with Crippen LogP contribution < -0.4 is 0 Å². The average molecular weight is 365 g/mol. The van der Waals surface area contributed by atoms with Gasteiger partial charge in [-0.2, -0.15) is 0 Å². The van der Waals surface area contributed by atoms with E-state index in [0.717, 1.165) is 5.56 Å². The normalized spacial score (nSPS) is 16.0. The number of carbonyl (C=O) groups is 1. The third-order valence-electron chi connectivity index (χ3n) is 4.21. The molecule has 0 aliphatic carbocycles. The maximum absolute atomic E-state index is 12.8. The lowest BCUT2D eigenvalue weighted by Crippen LogP contribution is -2.17. The van der Waals surface area contributed by atoms with Crippen molar-refractivity contribution >= 4 is 27.4 Å². The third kappa shape index (κ3) is 2.82. The zero-order chi connectivity index (χ0) is 17.5. The van der Waals surface area contributed by atoms with Crippen LogP contribution in [0.3, 0.4) is 0 Å². The monoisotopic (exact) mass is 364 g/mol. The Balaban J connectivity index is 2.06. The summed E-state index contributed by atoms with van der Waals surface area (Å²) in [4.78, 5) is 12.5. The number of ether oxygens (including phenoxy) is 1. The number of fused-ring (bicyclic) bond motifs is 2. The van der Waals surface area contributed by atoms with Crippen LogP contribution in [0.4, 0.5) is 0 Å². The Kier molecular flexibility index (Phi) is 4.40. The van der Waals surface area contributed by atoms with Crippen LogP contribution in [0.25, 0.3) is 0 Å². The lowest BCUT2D eigenvalue weighted by Gasteiger charge is -2.21. The van der Waals surface area contributed by atoms with Crippen molar-refractivity contribution < 1.29 is 17.9 Å². The molecule has 0 radical (unpaired) electrons. The van der Waals surface area contributed by atoms with Gasteiger partial charge in [0.15, 0.2) is 0 Å². The number of hydrogen-bond donors (Lipinski definition) is 0. The minimum atomic E-state index is -3.57. The smallest absolute Gasteiger partial charge is 0.313 e. The molecule has 0 saturated heterocycles. The Morgan fingerprint density at radius 3 is 2.46 bits per heavy atom. The number of esters is 1. The molecule has 0 spiro atoms. The van der Waals surface area contributed by atoms with Gasteiger partial charge < -0.3 is 4.74 Å². The first-order chi connectivity index (χ1) is 11.3. The summed E-state index contributed by atoms with van der Waals surface area (Å²) in [5.41, 5.74) is 2.10. The Morgan fingerprint density at radius 1 is 1.17 bits per heavy atom. The molecule has 2 aromatic rings. The van der Waals surface area contributed by atoms with Crippen LogP contribution in [0, 0.1) is 0 Å². The fourth-order valence-corrected chi connectivity index (χ4v) is 4.82. The molecular formula is C18H17ClO4S. The molecule has 1 aliphatic heterocycles. The summed E-state index contributed by atoms with van der Waals surface area (Å²) in [5.74, 6) is -0.765. The van der Waals surface area contributed by atoms with Gasteiger partial charge in [0.2, 0.25) is 9.84 Å². The molecule has 3 rings (SSSR count). The van der Waals surface area contributed by atoms with Crippen LogP contribution in [0.5, 0.6) is 0 Å². The number of hydrogen-bond acceptors (Lipinski definition) is 4. The van der Waals surface area contributed by atoms with Gasteiger partial charge >= 0.3 is 5.97 Å². The standard InChI is InChI=1S/C18H17ClO4S/c1-3-23-18(20)11(2)12-4-6-16-13(8-12)9-14-10-15(19)5-7-17(14)24(16,21)22/h4-8,10-11H,3,9H2,1-2H3. The zero-order valence-corrected chi connectivity index (χ0v) is 14.9. The maximum Gasteiger partial charge on any atom is 0.313 e. The van der Waals surface area contributed by atoms with E-state index >= 15 is 0 Å². The van der Waals surface area contributed by atoms with Crippen molar-refractivity contribution in [3.05, 3.63) is 58.1 Å². The second-order valence-corrected chi connectivity index (χ2v) is 8.10. The highest BCUT2D eigenvalue weighted by Gasteiger charge is 2.30. The van der Waals surface area contributed by atoms with Gasteiger partial charge in [-0.3, -0.25) is 4.79 Å². The van der Waals surface area contributed by atoms with Crippen LogP contribution in [0.2, 0.25) is 5.02 Å². The summed E-state index contributed by atoms with van der Waals surface area (Å²) in [7, 11) is -3.57. The Morgan fingerprint density at radius 2 is 1.79 bits per heavy atom. The van der Waals surface area contributed by atoms with E-state index < -0.39 is 15.8 Å². The van der Waals surface area contributed by atoms with E-state index in [4.69, 9.17) is 16.3 Å². The van der Waals surface area contributed by atoms with Crippen LogP contribution in [-0.4, -0.2) is 21.0 Å². The van der Waals surface area contributed by atoms with Gasteiger partial charge in [0.05, 0.1) is 22.3 Å². The SMILES string of the molecule is CCOC(=O)C(C)c1ccc2c(c1)Cc1cc(Cl)ccc1S2(=O)=O. The summed E-state index contributed by atoms with van der Waals surface area (Å²) < 4.78 is 30.6. The van der Waals surface area contributed by atoms with E-state index in [1.807, 2.05) is 0 Å². The minimum absolute atomic E-state index is 0.289. The first-order valence-corrected chi connectivity index (χ1v) is 9.53. The van der Waals surface area contributed by atoms with Crippen LogP contribution in [0.15, 0.2) is 46.2 Å². The molecule has 6 heteroatoms. The topological polar surface area (TPSA) is 60.4 Å². The number of sulfone groups is 1. The average Bonchev–Trinajstić information content (AvgIpc) is 2.53. The largest absolute Gasteiger partial charge is 0.466 e. The Labute approximate surface area is 146 Å². The summed E-state index contributed by atoms with van der Waals surface area (Å²) in [6.07, 6.45) is 0.466. The Bertz CT molecular complexity index is 919. The predicted octanol–water partition coefficient (Wildman–Crippen LogP) is 3.74. The minimum Gasteiger partial charge on any atom is -0.466 e. The van der Waals surface area contributed by atoms with E-state index in [2.05, 4.69) is 0 Å².